The van der Waals surface area contributed by atoms with Gasteiger partial charge in [0.25, 0.3) is 0 Å². The molecule has 2 bridgehead atoms. The molecule has 4 atom stereocenters. The number of fused-ring (bicyclic) bond motifs is 6. The van der Waals surface area contributed by atoms with Gasteiger partial charge in [-0.2, -0.15) is 0 Å². The summed E-state index contributed by atoms with van der Waals surface area (Å²) in [5, 5.41) is 0. The summed E-state index contributed by atoms with van der Waals surface area (Å²) in [6, 6.07) is 1.92. The summed E-state index contributed by atoms with van der Waals surface area (Å²) in [5.41, 5.74) is 0. The maximum absolute atomic E-state index is 2.87. The van der Waals surface area contributed by atoms with E-state index in [0.717, 1.165) is 23.9 Å². The minimum absolute atomic E-state index is 0. The van der Waals surface area contributed by atoms with Crippen molar-refractivity contribution in [1.82, 2.24) is 9.80 Å². The van der Waals surface area contributed by atoms with E-state index in [2.05, 4.69) is 9.80 Å². The van der Waals surface area contributed by atoms with Gasteiger partial charge in [-0.05, 0) is 57.0 Å². The van der Waals surface area contributed by atoms with E-state index in [1.165, 1.54) is 64.7 Å². The molecular formula is C15H32N2. The number of hydrogen-bond acceptors (Lipinski definition) is 2. The highest BCUT2D eigenvalue weighted by Crippen LogP contribution is 2.42. The van der Waals surface area contributed by atoms with Crippen LogP contribution in [0.25, 0.3) is 0 Å². The molecule has 2 nitrogen and oxygen atoms in total. The van der Waals surface area contributed by atoms with Gasteiger partial charge < -0.3 is 0 Å². The van der Waals surface area contributed by atoms with E-state index in [1.807, 2.05) is 0 Å². The zero-order chi connectivity index (χ0) is 11.2. The van der Waals surface area contributed by atoms with Crippen molar-refractivity contribution < 1.29 is 4.28 Å². The molecule has 0 aliphatic carbocycles. The van der Waals surface area contributed by atoms with Gasteiger partial charge in [0.15, 0.2) is 0 Å². The van der Waals surface area contributed by atoms with Crippen molar-refractivity contribution >= 4 is 0 Å². The molecule has 0 aromatic heterocycles. The minimum atomic E-state index is 0. The molecular weight excluding hydrogens is 208 g/mol. The van der Waals surface area contributed by atoms with Crippen LogP contribution in [0.2, 0.25) is 0 Å². The number of rotatable bonds is 0. The molecule has 4 heterocycles. The van der Waals surface area contributed by atoms with Crippen molar-refractivity contribution in [2.24, 2.45) is 11.8 Å². The predicted octanol–water partition coefficient (Wildman–Crippen LogP) is 3.08. The molecule has 0 radical (unpaired) electrons. The zero-order valence-electron chi connectivity index (χ0n) is 11.0. The van der Waals surface area contributed by atoms with E-state index >= 15 is 0 Å². The van der Waals surface area contributed by atoms with Crippen molar-refractivity contribution in [1.29, 1.82) is 0 Å². The van der Waals surface area contributed by atoms with E-state index in [9.17, 15) is 0 Å². The molecule has 0 aromatic carbocycles. The van der Waals surface area contributed by atoms with Crippen LogP contribution in [0, 0.1) is 11.8 Å². The molecule has 4 saturated heterocycles. The fourth-order valence-corrected chi connectivity index (χ4v) is 5.25. The van der Waals surface area contributed by atoms with Gasteiger partial charge >= 0.3 is 0 Å². The first-order valence-electron chi connectivity index (χ1n) is 7.90. The molecule has 17 heavy (non-hydrogen) atoms. The molecule has 4 fully saturated rings. The molecule has 4 aliphatic heterocycles. The Bertz CT molecular complexity index is 275. The van der Waals surface area contributed by atoms with Crippen LogP contribution in [-0.4, -0.2) is 48.1 Å². The molecule has 3 unspecified atom stereocenters. The van der Waals surface area contributed by atoms with Crippen LogP contribution in [-0.2, 0) is 0 Å². The highest BCUT2D eigenvalue weighted by Gasteiger charge is 2.46. The Balaban J connectivity index is 0.000000667. The summed E-state index contributed by atoms with van der Waals surface area (Å²) in [5.74, 6) is 2.03. The van der Waals surface area contributed by atoms with Crippen LogP contribution >= 0.6 is 0 Å². The summed E-state index contributed by atoms with van der Waals surface area (Å²) in [6.45, 7) is 5.68. The normalized spacial score (nSPS) is 47.3. The van der Waals surface area contributed by atoms with Crippen molar-refractivity contribution in [3.05, 3.63) is 0 Å². The minimum Gasteiger partial charge on any atom is -0.300 e. The standard InChI is InChI=1S/C15H26N2.3H2/c1-3-7-16-11-13-9-12(14(16)5-1)10-17-8-4-2-6-15(13)17;;;/h12-15H,1-11H2;3*1H/t12?,13?,14-,15?;;;/m1.../s1. The first kappa shape index (κ1) is 10.8. The lowest BCUT2D eigenvalue weighted by molar-refractivity contribution is -0.0718. The lowest BCUT2D eigenvalue weighted by Crippen LogP contribution is -2.63. The second-order valence-corrected chi connectivity index (χ2v) is 6.87. The lowest BCUT2D eigenvalue weighted by Gasteiger charge is -2.57. The fraction of sp³-hybridized carbons (Fsp3) is 1.00. The number of nitrogens with zero attached hydrogens (tertiary/aromatic N) is 2. The summed E-state index contributed by atoms with van der Waals surface area (Å²) in [7, 11) is 0. The van der Waals surface area contributed by atoms with Gasteiger partial charge in [0.1, 0.15) is 0 Å². The predicted molar refractivity (Wildman–Crippen MR) is 76.4 cm³/mol. The van der Waals surface area contributed by atoms with Crippen molar-refractivity contribution in [2.45, 2.75) is 57.0 Å². The number of hydrogen-bond donors (Lipinski definition) is 0. The van der Waals surface area contributed by atoms with Gasteiger partial charge in [-0.25, -0.2) is 0 Å². The van der Waals surface area contributed by atoms with E-state index < -0.39 is 0 Å². The monoisotopic (exact) mass is 240 g/mol. The van der Waals surface area contributed by atoms with Gasteiger partial charge in [-0.1, -0.05) is 12.8 Å². The zero-order valence-corrected chi connectivity index (χ0v) is 11.0. The van der Waals surface area contributed by atoms with E-state index in [1.54, 1.807) is 6.42 Å². The molecule has 0 saturated carbocycles. The molecule has 2 heteroatoms. The second-order valence-electron chi connectivity index (χ2n) is 6.87. The Morgan fingerprint density at radius 2 is 1.24 bits per heavy atom. The second kappa shape index (κ2) is 4.24. The highest BCUT2D eigenvalue weighted by atomic mass is 15.3. The molecule has 4 aliphatic rings. The topological polar surface area (TPSA) is 6.48 Å². The van der Waals surface area contributed by atoms with Gasteiger partial charge in [-0.3, -0.25) is 9.80 Å². The molecule has 0 spiro atoms. The van der Waals surface area contributed by atoms with Gasteiger partial charge in [-0.15, -0.1) is 0 Å². The largest absolute Gasteiger partial charge is 0.300 e. The van der Waals surface area contributed by atoms with Crippen LogP contribution in [0.4, 0.5) is 0 Å². The Morgan fingerprint density at radius 3 is 1.76 bits per heavy atom. The van der Waals surface area contributed by atoms with Crippen LogP contribution in [0.1, 0.15) is 49.2 Å². The average Bonchev–Trinajstić information content (AvgIpc) is 2.39. The quantitative estimate of drug-likeness (QED) is 0.642. The van der Waals surface area contributed by atoms with Crippen molar-refractivity contribution in [3.63, 3.8) is 0 Å². The SMILES string of the molecule is C1CCN2CC3CC(CN4CCCC[C@H]34)C2C1.[HH].[HH].[HH]. The van der Waals surface area contributed by atoms with Gasteiger partial charge in [0, 0.05) is 29.5 Å². The maximum atomic E-state index is 2.87. The van der Waals surface area contributed by atoms with Crippen LogP contribution in [0.5, 0.6) is 0 Å². The van der Waals surface area contributed by atoms with E-state index in [-0.39, 0.29) is 4.28 Å². The smallest absolute Gasteiger partial charge is 0.0136 e. The third-order valence-electron chi connectivity index (χ3n) is 5.96. The molecule has 102 valence electrons. The summed E-state index contributed by atoms with van der Waals surface area (Å²) in [4.78, 5) is 5.74. The van der Waals surface area contributed by atoms with E-state index in [4.69, 9.17) is 0 Å². The highest BCUT2D eigenvalue weighted by molar-refractivity contribution is 5.00. The first-order chi connectivity index (χ1) is 8.42. The van der Waals surface area contributed by atoms with E-state index in [0.29, 0.717) is 0 Å². The Labute approximate surface area is 110 Å². The third-order valence-corrected chi connectivity index (χ3v) is 5.96. The molecule has 0 aromatic rings. The van der Waals surface area contributed by atoms with Gasteiger partial charge in [0.05, 0.1) is 0 Å². The number of piperidine rings is 4. The van der Waals surface area contributed by atoms with Crippen LogP contribution in [0.3, 0.4) is 0 Å². The summed E-state index contributed by atoms with van der Waals surface area (Å²) >= 11 is 0. The summed E-state index contributed by atoms with van der Waals surface area (Å²) in [6.07, 6.45) is 10.5. The van der Waals surface area contributed by atoms with Crippen molar-refractivity contribution in [3.8, 4) is 0 Å². The van der Waals surface area contributed by atoms with Crippen molar-refractivity contribution in [2.75, 3.05) is 26.2 Å². The Hall–Kier alpha value is -0.0800. The molecule has 0 N–H and O–H groups in total. The average molecular weight is 240 g/mol. The van der Waals surface area contributed by atoms with Gasteiger partial charge in [0.2, 0.25) is 0 Å². The summed E-state index contributed by atoms with van der Waals surface area (Å²) < 4.78 is 0. The van der Waals surface area contributed by atoms with Crippen LogP contribution < -0.4 is 0 Å². The maximum Gasteiger partial charge on any atom is 0.0136 e. The molecule has 0 amide bonds. The first-order valence-corrected chi connectivity index (χ1v) is 7.90. The Morgan fingerprint density at radius 1 is 0.706 bits per heavy atom. The third kappa shape index (κ3) is 1.76. The van der Waals surface area contributed by atoms with Crippen LogP contribution in [0.15, 0.2) is 0 Å². The fourth-order valence-electron chi connectivity index (χ4n) is 5.25. The molecule has 4 rings (SSSR count). The lowest BCUT2D eigenvalue weighted by atomic mass is 9.71. The Kier molecular flexibility index (Phi) is 2.69.